The molecule has 0 saturated carbocycles. The highest BCUT2D eigenvalue weighted by molar-refractivity contribution is 6.13. The van der Waals surface area contributed by atoms with Gasteiger partial charge in [-0.2, -0.15) is 0 Å². The van der Waals surface area contributed by atoms with Crippen LogP contribution in [0.4, 0.5) is 0 Å². The van der Waals surface area contributed by atoms with Crippen molar-refractivity contribution in [2.24, 2.45) is 0 Å². The van der Waals surface area contributed by atoms with Gasteiger partial charge in [-0.1, -0.05) is 0 Å². The zero-order valence-corrected chi connectivity index (χ0v) is 7.19. The Morgan fingerprint density at radius 2 is 2.07 bits per heavy atom. The van der Waals surface area contributed by atoms with E-state index in [2.05, 4.69) is 4.74 Å². The molecular weight excluding hydrogens is 190 g/mol. The number of carbonyl (C=O) groups is 2. The van der Waals surface area contributed by atoms with Crippen LogP contribution in [0.25, 0.3) is 0 Å². The summed E-state index contributed by atoms with van der Waals surface area (Å²) >= 11 is 0. The standard InChI is InChI=1S/C8H7NO5/c10-7-4-2-1-3-5(9(12)13)6(4)8(11)14-7/h5H,1-3H2. The van der Waals surface area contributed by atoms with Gasteiger partial charge in [-0.3, -0.25) is 10.1 Å². The molecule has 14 heavy (non-hydrogen) atoms. The first-order valence-electron chi connectivity index (χ1n) is 4.24. The van der Waals surface area contributed by atoms with E-state index in [1.165, 1.54) is 0 Å². The number of ether oxygens (including phenoxy) is 1. The summed E-state index contributed by atoms with van der Waals surface area (Å²) < 4.78 is 4.33. The fourth-order valence-electron chi connectivity index (χ4n) is 1.84. The van der Waals surface area contributed by atoms with E-state index in [0.717, 1.165) is 0 Å². The van der Waals surface area contributed by atoms with Gasteiger partial charge < -0.3 is 4.74 Å². The van der Waals surface area contributed by atoms with Crippen molar-refractivity contribution in [2.75, 3.05) is 0 Å². The van der Waals surface area contributed by atoms with Crippen LogP contribution in [-0.4, -0.2) is 22.9 Å². The Kier molecular flexibility index (Phi) is 1.83. The third-order valence-electron chi connectivity index (χ3n) is 2.47. The molecule has 1 unspecified atom stereocenters. The van der Waals surface area contributed by atoms with Gasteiger partial charge in [0.1, 0.15) is 5.57 Å². The molecule has 0 fully saturated rings. The number of hydrogen-bond acceptors (Lipinski definition) is 5. The summed E-state index contributed by atoms with van der Waals surface area (Å²) in [6.45, 7) is 0. The average Bonchev–Trinajstić information content (AvgIpc) is 2.43. The second kappa shape index (κ2) is 2.90. The van der Waals surface area contributed by atoms with E-state index in [1.807, 2.05) is 0 Å². The average molecular weight is 197 g/mol. The molecule has 0 amide bonds. The van der Waals surface area contributed by atoms with Crippen molar-refractivity contribution in [2.45, 2.75) is 25.3 Å². The first kappa shape index (κ1) is 8.86. The molecule has 0 aromatic rings. The van der Waals surface area contributed by atoms with Crippen LogP contribution in [0.2, 0.25) is 0 Å². The number of nitrogens with zero attached hydrogens (tertiary/aromatic N) is 1. The van der Waals surface area contributed by atoms with Crippen LogP contribution >= 0.6 is 0 Å². The van der Waals surface area contributed by atoms with Crippen LogP contribution in [0.1, 0.15) is 19.3 Å². The van der Waals surface area contributed by atoms with E-state index in [9.17, 15) is 19.7 Å². The Hall–Kier alpha value is -1.72. The number of hydrogen-bond donors (Lipinski definition) is 0. The molecule has 0 aromatic carbocycles. The van der Waals surface area contributed by atoms with Crippen LogP contribution in [0.3, 0.4) is 0 Å². The normalized spacial score (nSPS) is 26.1. The third kappa shape index (κ3) is 1.11. The van der Waals surface area contributed by atoms with Crippen LogP contribution < -0.4 is 0 Å². The molecule has 1 atom stereocenters. The van der Waals surface area contributed by atoms with E-state index in [-0.39, 0.29) is 11.1 Å². The number of esters is 2. The van der Waals surface area contributed by atoms with Crippen molar-refractivity contribution >= 4 is 11.9 Å². The second-order valence-corrected chi connectivity index (χ2v) is 3.26. The van der Waals surface area contributed by atoms with Crippen molar-refractivity contribution < 1.29 is 19.2 Å². The Morgan fingerprint density at radius 1 is 1.36 bits per heavy atom. The van der Waals surface area contributed by atoms with E-state index in [4.69, 9.17) is 0 Å². The largest absolute Gasteiger partial charge is 0.386 e. The molecule has 6 heteroatoms. The highest BCUT2D eigenvalue weighted by Crippen LogP contribution is 2.32. The number of nitro groups is 1. The summed E-state index contributed by atoms with van der Waals surface area (Å²) in [7, 11) is 0. The van der Waals surface area contributed by atoms with Gasteiger partial charge in [0.05, 0.1) is 5.57 Å². The SMILES string of the molecule is O=C1OC(=O)C2=C1CCCC2[N+](=O)[O-]. The van der Waals surface area contributed by atoms with E-state index < -0.39 is 22.9 Å². The van der Waals surface area contributed by atoms with Crippen LogP contribution in [0, 0.1) is 10.1 Å². The fraction of sp³-hybridized carbons (Fsp3) is 0.500. The molecule has 1 heterocycles. The Labute approximate surface area is 78.7 Å². The third-order valence-corrected chi connectivity index (χ3v) is 2.47. The minimum Gasteiger partial charge on any atom is -0.386 e. The maximum absolute atomic E-state index is 11.1. The van der Waals surface area contributed by atoms with Gasteiger partial charge in [-0.15, -0.1) is 0 Å². The molecule has 0 saturated heterocycles. The Balaban J connectivity index is 2.45. The van der Waals surface area contributed by atoms with Gasteiger partial charge in [-0.25, -0.2) is 9.59 Å². The fourth-order valence-corrected chi connectivity index (χ4v) is 1.84. The van der Waals surface area contributed by atoms with Crippen LogP contribution in [-0.2, 0) is 14.3 Å². The van der Waals surface area contributed by atoms with Crippen LogP contribution in [0.5, 0.6) is 0 Å². The lowest BCUT2D eigenvalue weighted by Gasteiger charge is -2.13. The molecule has 1 aliphatic carbocycles. The summed E-state index contributed by atoms with van der Waals surface area (Å²) in [5, 5.41) is 10.6. The molecule has 0 spiro atoms. The Morgan fingerprint density at radius 3 is 2.71 bits per heavy atom. The molecule has 1 aliphatic heterocycles. The molecule has 74 valence electrons. The number of rotatable bonds is 1. The van der Waals surface area contributed by atoms with Gasteiger partial charge >= 0.3 is 11.9 Å². The van der Waals surface area contributed by atoms with Crippen molar-refractivity contribution in [3.63, 3.8) is 0 Å². The molecular formula is C8H7NO5. The van der Waals surface area contributed by atoms with Gasteiger partial charge in [0.2, 0.25) is 6.04 Å². The minimum atomic E-state index is -1.06. The first-order valence-corrected chi connectivity index (χ1v) is 4.24. The lowest BCUT2D eigenvalue weighted by Crippen LogP contribution is -2.28. The molecule has 2 aliphatic rings. The lowest BCUT2D eigenvalue weighted by molar-refractivity contribution is -0.512. The lowest BCUT2D eigenvalue weighted by atomic mass is 9.89. The van der Waals surface area contributed by atoms with Gasteiger partial charge in [-0.05, 0) is 12.8 Å². The van der Waals surface area contributed by atoms with Crippen molar-refractivity contribution in [3.05, 3.63) is 21.3 Å². The molecule has 0 N–H and O–H groups in total. The van der Waals surface area contributed by atoms with Crippen molar-refractivity contribution in [1.29, 1.82) is 0 Å². The molecule has 0 bridgehead atoms. The monoisotopic (exact) mass is 197 g/mol. The van der Waals surface area contributed by atoms with Crippen molar-refractivity contribution in [1.82, 2.24) is 0 Å². The summed E-state index contributed by atoms with van der Waals surface area (Å²) in [5.41, 5.74) is 0.161. The second-order valence-electron chi connectivity index (χ2n) is 3.26. The molecule has 2 rings (SSSR count). The van der Waals surface area contributed by atoms with Gasteiger partial charge in [0.25, 0.3) is 0 Å². The predicted molar refractivity (Wildman–Crippen MR) is 42.8 cm³/mol. The topological polar surface area (TPSA) is 86.5 Å². The zero-order chi connectivity index (χ0) is 10.3. The highest BCUT2D eigenvalue weighted by atomic mass is 16.6. The van der Waals surface area contributed by atoms with Crippen LogP contribution in [0.15, 0.2) is 11.1 Å². The summed E-state index contributed by atoms with van der Waals surface area (Å²) in [6.07, 6.45) is 1.26. The van der Waals surface area contributed by atoms with Gasteiger partial charge in [0.15, 0.2) is 0 Å². The van der Waals surface area contributed by atoms with Gasteiger partial charge in [0, 0.05) is 11.3 Å². The molecule has 6 nitrogen and oxygen atoms in total. The Bertz CT molecular complexity index is 370. The maximum atomic E-state index is 11.1. The predicted octanol–water partition coefficient (Wildman–Crippen LogP) is 0.196. The first-order chi connectivity index (χ1) is 6.61. The smallest absolute Gasteiger partial charge is 0.349 e. The number of carbonyl (C=O) groups excluding carboxylic acids is 2. The van der Waals surface area contributed by atoms with E-state index in [1.54, 1.807) is 0 Å². The highest BCUT2D eigenvalue weighted by Gasteiger charge is 2.45. The number of cyclic esters (lactones) is 2. The molecule has 0 aromatic heterocycles. The molecule has 0 radical (unpaired) electrons. The quantitative estimate of drug-likeness (QED) is 0.259. The van der Waals surface area contributed by atoms with E-state index in [0.29, 0.717) is 19.3 Å². The zero-order valence-electron chi connectivity index (χ0n) is 7.19. The summed E-state index contributed by atoms with van der Waals surface area (Å²) in [4.78, 5) is 32.3. The minimum absolute atomic E-state index is 0.0359. The maximum Gasteiger partial charge on any atom is 0.349 e. The van der Waals surface area contributed by atoms with Crippen molar-refractivity contribution in [3.8, 4) is 0 Å². The van der Waals surface area contributed by atoms with E-state index >= 15 is 0 Å². The summed E-state index contributed by atoms with van der Waals surface area (Å²) in [6, 6.07) is -1.06. The summed E-state index contributed by atoms with van der Waals surface area (Å²) in [5.74, 6) is -1.55.